The number of nitrogens with zero attached hydrogens (tertiary/aromatic N) is 1. The van der Waals surface area contributed by atoms with Crippen molar-refractivity contribution in [2.24, 2.45) is 0 Å². The third-order valence-electron chi connectivity index (χ3n) is 5.46. The highest BCUT2D eigenvalue weighted by Gasteiger charge is 2.20. The Kier molecular flexibility index (Phi) is 8.31. The van der Waals surface area contributed by atoms with Crippen LogP contribution in [0.4, 0.5) is 10.1 Å². The van der Waals surface area contributed by atoms with E-state index in [1.807, 2.05) is 12.1 Å². The van der Waals surface area contributed by atoms with E-state index in [9.17, 15) is 14.0 Å². The van der Waals surface area contributed by atoms with Crippen LogP contribution in [0.1, 0.15) is 55.3 Å². The van der Waals surface area contributed by atoms with Crippen LogP contribution < -0.4 is 10.2 Å². The zero-order chi connectivity index (χ0) is 21.3. The van der Waals surface area contributed by atoms with Gasteiger partial charge >= 0.3 is 0 Å². The summed E-state index contributed by atoms with van der Waals surface area (Å²) in [7, 11) is 1.56. The van der Waals surface area contributed by atoms with Gasteiger partial charge in [-0.1, -0.05) is 56.4 Å². The molecular formula is C24H29FN2O2S. The number of carbonyl (C=O) groups excluding carboxylic acids is 2. The molecule has 6 heteroatoms. The first kappa shape index (κ1) is 22.3. The van der Waals surface area contributed by atoms with Crippen molar-refractivity contribution in [2.45, 2.75) is 55.9 Å². The Morgan fingerprint density at radius 2 is 1.63 bits per heavy atom. The maximum atomic E-state index is 14.1. The molecule has 0 aliphatic heterocycles. The standard InChI is InChI=1S/C24H29FN2O2S/c1-27(21-15-9-8-14-20(21)25)24(29)19-13-7-10-16-22(19)30-17-23(28)26-18-11-5-3-2-4-6-12-18/h7-10,13-16,18H,2-6,11-12,17H2,1H3,(H,26,28). The summed E-state index contributed by atoms with van der Waals surface area (Å²) in [4.78, 5) is 27.5. The van der Waals surface area contributed by atoms with Gasteiger partial charge in [-0.2, -0.15) is 0 Å². The number of rotatable bonds is 6. The molecule has 0 heterocycles. The van der Waals surface area contributed by atoms with E-state index in [2.05, 4.69) is 5.32 Å². The zero-order valence-electron chi connectivity index (χ0n) is 17.4. The van der Waals surface area contributed by atoms with Crippen LogP contribution in [0.15, 0.2) is 53.4 Å². The predicted molar refractivity (Wildman–Crippen MR) is 121 cm³/mol. The fraction of sp³-hybridized carbons (Fsp3) is 0.417. The lowest BCUT2D eigenvalue weighted by Crippen LogP contribution is -2.36. The highest BCUT2D eigenvalue weighted by molar-refractivity contribution is 8.00. The summed E-state index contributed by atoms with van der Waals surface area (Å²) >= 11 is 1.34. The van der Waals surface area contributed by atoms with Crippen molar-refractivity contribution in [1.82, 2.24) is 5.32 Å². The summed E-state index contributed by atoms with van der Waals surface area (Å²) in [6.45, 7) is 0. The van der Waals surface area contributed by atoms with E-state index in [1.165, 1.54) is 42.0 Å². The molecule has 0 unspecified atom stereocenters. The molecular weight excluding hydrogens is 399 g/mol. The molecule has 0 radical (unpaired) electrons. The summed E-state index contributed by atoms with van der Waals surface area (Å²) in [5.41, 5.74) is 0.691. The van der Waals surface area contributed by atoms with Crippen LogP contribution in [0.3, 0.4) is 0 Å². The van der Waals surface area contributed by atoms with Crippen LogP contribution in [0.5, 0.6) is 0 Å². The lowest BCUT2D eigenvalue weighted by molar-refractivity contribution is -0.119. The van der Waals surface area contributed by atoms with Gasteiger partial charge in [0, 0.05) is 18.0 Å². The fourth-order valence-electron chi connectivity index (χ4n) is 3.80. The first-order chi connectivity index (χ1) is 14.6. The number of nitrogens with one attached hydrogen (secondary N) is 1. The van der Waals surface area contributed by atoms with E-state index in [0.29, 0.717) is 5.56 Å². The first-order valence-electron chi connectivity index (χ1n) is 10.6. The Morgan fingerprint density at radius 3 is 2.37 bits per heavy atom. The van der Waals surface area contributed by atoms with E-state index in [0.717, 1.165) is 30.6 Å². The average molecular weight is 429 g/mol. The maximum absolute atomic E-state index is 14.1. The lowest BCUT2D eigenvalue weighted by atomic mass is 9.97. The Morgan fingerprint density at radius 1 is 1.00 bits per heavy atom. The van der Waals surface area contributed by atoms with Gasteiger partial charge in [-0.25, -0.2) is 4.39 Å². The Bertz CT molecular complexity index is 866. The van der Waals surface area contributed by atoms with Crippen LogP contribution >= 0.6 is 11.8 Å². The summed E-state index contributed by atoms with van der Waals surface area (Å²) in [5.74, 6) is -0.500. The number of carbonyl (C=O) groups is 2. The number of hydrogen-bond donors (Lipinski definition) is 1. The number of benzene rings is 2. The van der Waals surface area contributed by atoms with Gasteiger partial charge < -0.3 is 10.2 Å². The quantitative estimate of drug-likeness (QED) is 0.625. The van der Waals surface area contributed by atoms with Gasteiger partial charge in [0.25, 0.3) is 5.91 Å². The van der Waals surface area contributed by atoms with Gasteiger partial charge in [0.05, 0.1) is 17.0 Å². The second-order valence-electron chi connectivity index (χ2n) is 7.71. The molecule has 30 heavy (non-hydrogen) atoms. The van der Waals surface area contributed by atoms with Crippen LogP contribution in [0.2, 0.25) is 0 Å². The van der Waals surface area contributed by atoms with Gasteiger partial charge in [0.15, 0.2) is 0 Å². The molecule has 0 aromatic heterocycles. The molecule has 2 aromatic rings. The summed E-state index contributed by atoms with van der Waals surface area (Å²) < 4.78 is 14.1. The number of hydrogen-bond acceptors (Lipinski definition) is 3. The third-order valence-corrected chi connectivity index (χ3v) is 6.54. The molecule has 4 nitrogen and oxygen atoms in total. The summed E-state index contributed by atoms with van der Waals surface area (Å²) in [5, 5.41) is 3.16. The molecule has 1 aliphatic rings. The Balaban J connectivity index is 1.63. The molecule has 2 aromatic carbocycles. The molecule has 1 fully saturated rings. The fourth-order valence-corrected chi connectivity index (χ4v) is 4.65. The number of para-hydroxylation sites is 1. The molecule has 1 aliphatic carbocycles. The smallest absolute Gasteiger partial charge is 0.259 e. The largest absolute Gasteiger partial charge is 0.353 e. The molecule has 1 saturated carbocycles. The SMILES string of the molecule is CN(C(=O)c1ccccc1SCC(=O)NC1CCCCCCC1)c1ccccc1F. The van der Waals surface area contributed by atoms with Crippen molar-refractivity contribution >= 4 is 29.3 Å². The van der Waals surface area contributed by atoms with Gasteiger partial charge in [-0.15, -0.1) is 11.8 Å². The Labute approximate surface area is 182 Å². The third kappa shape index (κ3) is 6.08. The second-order valence-corrected chi connectivity index (χ2v) is 8.73. The molecule has 3 rings (SSSR count). The topological polar surface area (TPSA) is 49.4 Å². The number of amides is 2. The van der Waals surface area contributed by atoms with Crippen LogP contribution in [0.25, 0.3) is 0 Å². The highest BCUT2D eigenvalue weighted by atomic mass is 32.2. The average Bonchev–Trinajstić information content (AvgIpc) is 2.73. The zero-order valence-corrected chi connectivity index (χ0v) is 18.2. The Hall–Kier alpha value is -2.34. The number of halogens is 1. The second kappa shape index (κ2) is 11.2. The van der Waals surface area contributed by atoms with Crippen molar-refractivity contribution < 1.29 is 14.0 Å². The number of anilines is 1. The van der Waals surface area contributed by atoms with Gasteiger partial charge in [0.2, 0.25) is 5.91 Å². The number of thioether (sulfide) groups is 1. The van der Waals surface area contributed by atoms with Crippen molar-refractivity contribution in [2.75, 3.05) is 17.7 Å². The summed E-state index contributed by atoms with van der Waals surface area (Å²) in [6.07, 6.45) is 8.19. The van der Waals surface area contributed by atoms with Gasteiger partial charge in [-0.3, -0.25) is 9.59 Å². The van der Waals surface area contributed by atoms with Crippen molar-refractivity contribution in [1.29, 1.82) is 0 Å². The minimum Gasteiger partial charge on any atom is -0.353 e. The summed E-state index contributed by atoms with van der Waals surface area (Å²) in [6, 6.07) is 13.6. The monoisotopic (exact) mass is 428 g/mol. The molecule has 0 bridgehead atoms. The minimum atomic E-state index is -0.447. The molecule has 1 N–H and O–H groups in total. The van der Waals surface area contributed by atoms with Crippen LogP contribution in [-0.2, 0) is 4.79 Å². The van der Waals surface area contributed by atoms with Crippen LogP contribution in [-0.4, -0.2) is 30.7 Å². The van der Waals surface area contributed by atoms with E-state index >= 15 is 0 Å². The van der Waals surface area contributed by atoms with Gasteiger partial charge in [0.1, 0.15) is 5.82 Å². The van der Waals surface area contributed by atoms with Crippen LogP contribution in [0, 0.1) is 5.82 Å². The first-order valence-corrected chi connectivity index (χ1v) is 11.6. The van der Waals surface area contributed by atoms with Crippen molar-refractivity contribution in [3.8, 4) is 0 Å². The normalized spacial score (nSPS) is 15.1. The lowest BCUT2D eigenvalue weighted by Gasteiger charge is -2.21. The highest BCUT2D eigenvalue weighted by Crippen LogP contribution is 2.26. The van der Waals surface area contributed by atoms with E-state index < -0.39 is 5.82 Å². The van der Waals surface area contributed by atoms with Gasteiger partial charge in [-0.05, 0) is 37.1 Å². The molecule has 0 atom stereocenters. The minimum absolute atomic E-state index is 0.00437. The molecule has 160 valence electrons. The van der Waals surface area contributed by atoms with E-state index in [1.54, 1.807) is 37.4 Å². The van der Waals surface area contributed by atoms with E-state index in [4.69, 9.17) is 0 Å². The van der Waals surface area contributed by atoms with E-state index in [-0.39, 0.29) is 29.3 Å². The molecule has 2 amide bonds. The predicted octanol–water partition coefficient (Wildman–Crippen LogP) is 5.42. The maximum Gasteiger partial charge on any atom is 0.259 e. The molecule has 0 spiro atoms. The van der Waals surface area contributed by atoms with Crippen molar-refractivity contribution in [3.05, 3.63) is 59.9 Å². The molecule has 0 saturated heterocycles. The van der Waals surface area contributed by atoms with Crippen molar-refractivity contribution in [3.63, 3.8) is 0 Å².